The van der Waals surface area contributed by atoms with Crippen molar-refractivity contribution < 1.29 is 12.8 Å². The van der Waals surface area contributed by atoms with Gasteiger partial charge in [-0.1, -0.05) is 0 Å². The van der Waals surface area contributed by atoms with E-state index < -0.39 is 21.6 Å². The van der Waals surface area contributed by atoms with Crippen LogP contribution in [0.4, 0.5) is 21.5 Å². The number of aryl methyl sites for hydroxylation is 1. The zero-order valence-electron chi connectivity index (χ0n) is 16.3. The Bertz CT molecular complexity index is 1080. The summed E-state index contributed by atoms with van der Waals surface area (Å²) in [7, 11) is -1.18. The Morgan fingerprint density at radius 1 is 1.31 bits per heavy atom. The van der Waals surface area contributed by atoms with Crippen LogP contribution in [0.25, 0.3) is 0 Å². The number of benzene rings is 1. The molecule has 1 atom stereocenters. The molecule has 3 rings (SSSR count). The Labute approximate surface area is 182 Å². The number of nitrogens with zero attached hydrogens (tertiary/aromatic N) is 2. The quantitative estimate of drug-likeness (QED) is 0.495. The van der Waals surface area contributed by atoms with E-state index in [9.17, 15) is 13.2 Å². The molecule has 158 valence electrons. The van der Waals surface area contributed by atoms with E-state index in [1.165, 1.54) is 24.9 Å². The lowest BCUT2D eigenvalue weighted by Crippen LogP contribution is -2.34. The zero-order chi connectivity index (χ0) is 21.3. The van der Waals surface area contributed by atoms with Gasteiger partial charge in [-0.25, -0.2) is 0 Å². The molecule has 3 N–H and O–H groups in total. The van der Waals surface area contributed by atoms with Crippen molar-refractivity contribution in [2.45, 2.75) is 25.9 Å². The molecule has 0 radical (unpaired) electrons. The van der Waals surface area contributed by atoms with Crippen molar-refractivity contribution in [3.63, 3.8) is 0 Å². The predicted octanol–water partition coefficient (Wildman–Crippen LogP) is 2.74. The van der Waals surface area contributed by atoms with E-state index in [0.29, 0.717) is 18.7 Å². The van der Waals surface area contributed by atoms with Crippen LogP contribution in [0.1, 0.15) is 24.6 Å². The first-order valence-corrected chi connectivity index (χ1v) is 11.5. The molecule has 1 aliphatic rings. The van der Waals surface area contributed by atoms with Crippen LogP contribution in [0.15, 0.2) is 29.2 Å². The van der Waals surface area contributed by atoms with Crippen molar-refractivity contribution in [1.29, 1.82) is 0 Å². The Kier molecular flexibility index (Phi) is 6.51. The van der Waals surface area contributed by atoms with Crippen molar-refractivity contribution in [2.24, 2.45) is 0 Å². The third kappa shape index (κ3) is 4.73. The molecule has 2 heterocycles. The summed E-state index contributed by atoms with van der Waals surface area (Å²) >= 11 is 2.16. The van der Waals surface area contributed by atoms with Crippen LogP contribution in [0.2, 0.25) is 0 Å². The number of aromatic nitrogens is 1. The Balaban J connectivity index is 2.14. The summed E-state index contributed by atoms with van der Waals surface area (Å²) in [5, 5.41) is 6.02. The Hall–Kier alpha value is -1.70. The lowest BCUT2D eigenvalue weighted by atomic mass is 10.2. The maximum atomic E-state index is 15.2. The summed E-state index contributed by atoms with van der Waals surface area (Å²) in [5.41, 5.74) is 0.342. The summed E-state index contributed by atoms with van der Waals surface area (Å²) in [6, 6.07) is 5.49. The average Bonchev–Trinajstić information content (AvgIpc) is 3.17. The van der Waals surface area contributed by atoms with Gasteiger partial charge in [-0.05, 0) is 72.7 Å². The first-order valence-electron chi connectivity index (χ1n) is 9.01. The van der Waals surface area contributed by atoms with Crippen LogP contribution >= 0.6 is 22.6 Å². The van der Waals surface area contributed by atoms with Gasteiger partial charge in [-0.2, -0.15) is 17.1 Å². The third-order valence-electron chi connectivity index (χ3n) is 4.72. The molecule has 0 saturated carbocycles. The molecule has 11 heteroatoms. The number of hydrogen-bond donors (Lipinski definition) is 3. The van der Waals surface area contributed by atoms with Gasteiger partial charge in [0.05, 0.1) is 11.9 Å². The van der Waals surface area contributed by atoms with Crippen LogP contribution in [0, 0.1) is 16.3 Å². The molecule has 1 saturated heterocycles. The Morgan fingerprint density at radius 2 is 2.03 bits per heavy atom. The fourth-order valence-corrected chi connectivity index (χ4v) is 4.33. The second kappa shape index (κ2) is 8.58. The van der Waals surface area contributed by atoms with Gasteiger partial charge in [-0.15, -0.1) is 0 Å². The molecule has 1 aromatic heterocycles. The highest BCUT2D eigenvalue weighted by Crippen LogP contribution is 2.31. The SMILES string of the molecule is Cc1cc(I)ccc1Nc1c(NS(=O)(=O)N(C)C)cn(C2CCCN2)c(=O)c1F. The van der Waals surface area contributed by atoms with Crippen molar-refractivity contribution in [2.75, 3.05) is 30.7 Å². The smallest absolute Gasteiger partial charge is 0.301 e. The van der Waals surface area contributed by atoms with Gasteiger partial charge < -0.3 is 5.32 Å². The van der Waals surface area contributed by atoms with E-state index in [1.54, 1.807) is 6.07 Å². The van der Waals surface area contributed by atoms with Crippen molar-refractivity contribution in [1.82, 2.24) is 14.2 Å². The first-order chi connectivity index (χ1) is 13.6. The molecule has 0 aliphatic carbocycles. The summed E-state index contributed by atoms with van der Waals surface area (Å²) in [6.07, 6.45) is 2.47. The molecule has 2 aromatic rings. The third-order valence-corrected chi connectivity index (χ3v) is 6.83. The molecule has 29 heavy (non-hydrogen) atoms. The van der Waals surface area contributed by atoms with Crippen molar-refractivity contribution in [3.05, 3.63) is 49.7 Å². The van der Waals surface area contributed by atoms with Gasteiger partial charge in [-0.3, -0.25) is 19.4 Å². The summed E-state index contributed by atoms with van der Waals surface area (Å²) in [4.78, 5) is 12.7. The maximum absolute atomic E-state index is 15.2. The fraction of sp³-hybridized carbons (Fsp3) is 0.389. The molecule has 8 nitrogen and oxygen atoms in total. The minimum absolute atomic E-state index is 0.0394. The highest BCUT2D eigenvalue weighted by Gasteiger charge is 2.25. The second-order valence-electron chi connectivity index (χ2n) is 7.03. The summed E-state index contributed by atoms with van der Waals surface area (Å²) < 4.78 is 45.6. The van der Waals surface area contributed by atoms with Crippen LogP contribution in [0.5, 0.6) is 0 Å². The highest BCUT2D eigenvalue weighted by atomic mass is 127. The molecule has 0 bridgehead atoms. The maximum Gasteiger partial charge on any atom is 0.301 e. The molecule has 1 unspecified atom stereocenters. The molecule has 0 spiro atoms. The van der Waals surface area contributed by atoms with Gasteiger partial charge in [0.1, 0.15) is 5.69 Å². The minimum atomic E-state index is -3.91. The van der Waals surface area contributed by atoms with E-state index in [4.69, 9.17) is 0 Å². The average molecular weight is 535 g/mol. The number of anilines is 3. The van der Waals surface area contributed by atoms with E-state index in [2.05, 4.69) is 37.9 Å². The highest BCUT2D eigenvalue weighted by molar-refractivity contribution is 14.1. The number of hydrogen-bond acceptors (Lipinski definition) is 5. The van der Waals surface area contributed by atoms with Gasteiger partial charge in [0.15, 0.2) is 0 Å². The topological polar surface area (TPSA) is 95.5 Å². The van der Waals surface area contributed by atoms with Crippen LogP contribution in [-0.4, -0.2) is 37.9 Å². The molecule has 1 aromatic carbocycles. The van der Waals surface area contributed by atoms with Crippen molar-refractivity contribution >= 4 is 49.9 Å². The lowest BCUT2D eigenvalue weighted by Gasteiger charge is -2.22. The van der Waals surface area contributed by atoms with Crippen LogP contribution < -0.4 is 20.9 Å². The van der Waals surface area contributed by atoms with Crippen LogP contribution in [-0.2, 0) is 10.2 Å². The van der Waals surface area contributed by atoms with E-state index in [0.717, 1.165) is 19.9 Å². The Morgan fingerprint density at radius 3 is 2.62 bits per heavy atom. The number of nitrogens with one attached hydrogen (secondary N) is 3. The molecule has 1 aliphatic heterocycles. The summed E-state index contributed by atoms with van der Waals surface area (Å²) in [5.74, 6) is -1.05. The standard InChI is InChI=1S/C18H23FIN5O3S/c1-11-9-12(20)6-7-13(11)22-17-14(23-29(27,28)24(2)3)10-25(18(26)16(17)19)15-5-4-8-21-15/h6-7,9-10,15,21-23H,4-5,8H2,1-3H3. The second-order valence-corrected chi connectivity index (χ2v) is 10.2. The summed E-state index contributed by atoms with van der Waals surface area (Å²) in [6.45, 7) is 2.55. The zero-order valence-corrected chi connectivity index (χ0v) is 19.3. The van der Waals surface area contributed by atoms with Gasteiger partial charge in [0, 0.05) is 29.5 Å². The van der Waals surface area contributed by atoms with E-state index >= 15 is 4.39 Å². The van der Waals surface area contributed by atoms with Crippen molar-refractivity contribution in [3.8, 4) is 0 Å². The van der Waals surface area contributed by atoms with E-state index in [-0.39, 0.29) is 17.5 Å². The fourth-order valence-electron chi connectivity index (χ4n) is 3.07. The number of halogens is 2. The molecular weight excluding hydrogens is 512 g/mol. The van der Waals surface area contributed by atoms with Gasteiger partial charge >= 0.3 is 10.2 Å². The molecule has 1 fully saturated rings. The lowest BCUT2D eigenvalue weighted by molar-refractivity contribution is 0.440. The number of rotatable bonds is 6. The first kappa shape index (κ1) is 22.0. The predicted molar refractivity (Wildman–Crippen MR) is 120 cm³/mol. The monoisotopic (exact) mass is 535 g/mol. The van der Waals surface area contributed by atoms with Gasteiger partial charge in [0.25, 0.3) is 5.56 Å². The van der Waals surface area contributed by atoms with E-state index in [1.807, 2.05) is 19.1 Å². The molecule has 0 amide bonds. The normalized spacial score (nSPS) is 17.0. The minimum Gasteiger partial charge on any atom is -0.351 e. The van der Waals surface area contributed by atoms with Gasteiger partial charge in [0.2, 0.25) is 5.82 Å². The largest absolute Gasteiger partial charge is 0.351 e. The molecular formula is C18H23FIN5O3S. The van der Waals surface area contributed by atoms with Crippen LogP contribution in [0.3, 0.4) is 0 Å². The number of pyridine rings is 1.